The predicted molar refractivity (Wildman–Crippen MR) is 87.4 cm³/mol. The molecule has 0 radical (unpaired) electrons. The van der Waals surface area contributed by atoms with Gasteiger partial charge in [-0.1, -0.05) is 36.4 Å². The van der Waals surface area contributed by atoms with Crippen LogP contribution >= 0.6 is 0 Å². The Balaban J connectivity index is 1.50. The third kappa shape index (κ3) is 2.80. The summed E-state index contributed by atoms with van der Waals surface area (Å²) in [5.41, 5.74) is 1.33. The zero-order valence-electron chi connectivity index (χ0n) is 13.3. The van der Waals surface area contributed by atoms with Gasteiger partial charge in [0.25, 0.3) is 0 Å². The van der Waals surface area contributed by atoms with E-state index in [1.165, 1.54) is 4.80 Å². The highest BCUT2D eigenvalue weighted by atomic mass is 16.3. The van der Waals surface area contributed by atoms with Crippen LogP contribution in [0.4, 0.5) is 0 Å². The second-order valence-corrected chi connectivity index (χ2v) is 6.60. The van der Waals surface area contributed by atoms with Gasteiger partial charge in [0.2, 0.25) is 5.82 Å². The number of aryl methyl sites for hydroxylation is 1. The van der Waals surface area contributed by atoms with E-state index in [0.717, 1.165) is 43.6 Å². The molecule has 1 unspecified atom stereocenters. The van der Waals surface area contributed by atoms with E-state index in [1.54, 1.807) is 7.05 Å². The summed E-state index contributed by atoms with van der Waals surface area (Å²) >= 11 is 0. The maximum absolute atomic E-state index is 10.9. The third-order valence-corrected chi connectivity index (χ3v) is 5.01. The van der Waals surface area contributed by atoms with Gasteiger partial charge in [0.05, 0.1) is 12.6 Å². The summed E-state index contributed by atoms with van der Waals surface area (Å²) in [6.07, 6.45) is 6.20. The molecule has 23 heavy (non-hydrogen) atoms. The Morgan fingerprint density at radius 1 is 1.22 bits per heavy atom. The third-order valence-electron chi connectivity index (χ3n) is 5.01. The molecule has 0 aliphatic carbocycles. The lowest BCUT2D eigenvalue weighted by atomic mass is 9.75. The van der Waals surface area contributed by atoms with Crippen LogP contribution in [0.3, 0.4) is 0 Å². The molecule has 3 fully saturated rings. The highest BCUT2D eigenvalue weighted by Gasteiger charge is 2.43. The molecule has 3 aliphatic rings. The molecule has 1 aromatic carbocycles. The molecule has 6 heteroatoms. The summed E-state index contributed by atoms with van der Waals surface area (Å²) < 4.78 is 0. The van der Waals surface area contributed by atoms with Gasteiger partial charge in [0, 0.05) is 12.1 Å². The van der Waals surface area contributed by atoms with Crippen molar-refractivity contribution in [2.24, 2.45) is 13.0 Å². The van der Waals surface area contributed by atoms with E-state index >= 15 is 0 Å². The lowest BCUT2D eigenvalue weighted by Crippen LogP contribution is -2.58. The lowest BCUT2D eigenvalue weighted by molar-refractivity contribution is -0.0775. The number of nitrogens with zero attached hydrogens (tertiary/aromatic N) is 5. The number of tetrazole rings is 1. The minimum absolute atomic E-state index is 0.395. The standard InChI is InChI=1S/C17H21N5O/c1-21-19-16(18-20-21)14-4-2-13(3-5-14)6-9-17(23)12-22-10-7-15(17)8-11-22/h2-6,9,15,23H,7-8,10-12H2,1H3. The molecule has 120 valence electrons. The van der Waals surface area contributed by atoms with Crippen molar-refractivity contribution in [2.45, 2.75) is 18.4 Å². The SMILES string of the molecule is Cn1nnc(-c2ccc(C=CC3(O)CN4CCC3CC4)cc2)n1. The van der Waals surface area contributed by atoms with Crippen molar-refractivity contribution >= 4 is 6.08 Å². The van der Waals surface area contributed by atoms with E-state index < -0.39 is 5.60 Å². The maximum Gasteiger partial charge on any atom is 0.204 e. The smallest absolute Gasteiger partial charge is 0.204 e. The van der Waals surface area contributed by atoms with Gasteiger partial charge in [-0.3, -0.25) is 0 Å². The van der Waals surface area contributed by atoms with Crippen molar-refractivity contribution in [1.29, 1.82) is 0 Å². The molecule has 0 spiro atoms. The molecule has 6 nitrogen and oxygen atoms in total. The largest absolute Gasteiger partial charge is 0.384 e. The first-order chi connectivity index (χ1) is 11.1. The molecule has 0 saturated carbocycles. The molecule has 2 bridgehead atoms. The predicted octanol–water partition coefficient (Wildman–Crippen LogP) is 1.35. The Morgan fingerprint density at radius 3 is 2.52 bits per heavy atom. The van der Waals surface area contributed by atoms with Crippen LogP contribution in [0.15, 0.2) is 30.3 Å². The van der Waals surface area contributed by atoms with E-state index in [0.29, 0.717) is 11.7 Å². The maximum atomic E-state index is 10.9. The first-order valence-electron chi connectivity index (χ1n) is 8.11. The van der Waals surface area contributed by atoms with Crippen molar-refractivity contribution < 1.29 is 5.11 Å². The summed E-state index contributed by atoms with van der Waals surface area (Å²) in [5, 5.41) is 23.0. The van der Waals surface area contributed by atoms with Gasteiger partial charge in [0.15, 0.2) is 0 Å². The van der Waals surface area contributed by atoms with E-state index in [-0.39, 0.29) is 0 Å². The minimum Gasteiger partial charge on any atom is -0.384 e. The molecule has 1 N–H and O–H groups in total. The summed E-state index contributed by atoms with van der Waals surface area (Å²) in [7, 11) is 1.75. The number of hydrogen-bond donors (Lipinski definition) is 1. The van der Waals surface area contributed by atoms with Gasteiger partial charge in [0.1, 0.15) is 0 Å². The first kappa shape index (κ1) is 14.5. The topological polar surface area (TPSA) is 67.1 Å². The number of fused-ring (bicyclic) bond motifs is 3. The average Bonchev–Trinajstić information content (AvgIpc) is 3.01. The molecule has 4 heterocycles. The lowest BCUT2D eigenvalue weighted by Gasteiger charge is -2.49. The van der Waals surface area contributed by atoms with Crippen LogP contribution < -0.4 is 0 Å². The Kier molecular flexibility index (Phi) is 3.50. The van der Waals surface area contributed by atoms with Gasteiger partial charge in [-0.25, -0.2) is 0 Å². The number of rotatable bonds is 3. The van der Waals surface area contributed by atoms with Crippen molar-refractivity contribution in [3.8, 4) is 11.4 Å². The fraction of sp³-hybridized carbons (Fsp3) is 0.471. The molecule has 3 saturated heterocycles. The number of piperidine rings is 3. The van der Waals surface area contributed by atoms with E-state index in [2.05, 4.69) is 20.3 Å². The van der Waals surface area contributed by atoms with Gasteiger partial charge < -0.3 is 10.0 Å². The Hall–Kier alpha value is -2.05. The van der Waals surface area contributed by atoms with E-state index in [9.17, 15) is 5.11 Å². The molecule has 3 aliphatic heterocycles. The fourth-order valence-corrected chi connectivity index (χ4v) is 3.65. The Bertz CT molecular complexity index is 715. The van der Waals surface area contributed by atoms with Crippen molar-refractivity contribution in [3.63, 3.8) is 0 Å². The normalized spacial score (nSPS) is 30.2. The Morgan fingerprint density at radius 2 is 1.96 bits per heavy atom. The fourth-order valence-electron chi connectivity index (χ4n) is 3.65. The second kappa shape index (κ2) is 5.54. The highest BCUT2D eigenvalue weighted by Crippen LogP contribution is 2.36. The van der Waals surface area contributed by atoms with Crippen molar-refractivity contribution in [1.82, 2.24) is 25.1 Å². The highest BCUT2D eigenvalue weighted by molar-refractivity contribution is 5.59. The number of aliphatic hydroxyl groups is 1. The molecule has 1 atom stereocenters. The van der Waals surface area contributed by atoms with Crippen LogP contribution in [0.25, 0.3) is 17.5 Å². The number of hydrogen-bond acceptors (Lipinski definition) is 5. The van der Waals surface area contributed by atoms with Gasteiger partial charge in [-0.2, -0.15) is 4.80 Å². The average molecular weight is 311 g/mol. The summed E-state index contributed by atoms with van der Waals surface area (Å²) in [6.45, 7) is 3.01. The van der Waals surface area contributed by atoms with Crippen molar-refractivity contribution in [2.75, 3.05) is 19.6 Å². The number of benzene rings is 1. The van der Waals surface area contributed by atoms with Gasteiger partial charge in [-0.15, -0.1) is 10.2 Å². The zero-order valence-corrected chi connectivity index (χ0v) is 13.3. The zero-order chi connectivity index (χ0) is 15.9. The van der Waals surface area contributed by atoms with Crippen LogP contribution in [-0.2, 0) is 7.05 Å². The molecule has 1 aromatic heterocycles. The van der Waals surface area contributed by atoms with Crippen molar-refractivity contribution in [3.05, 3.63) is 35.9 Å². The molecule has 2 aromatic rings. The molecular formula is C17H21N5O. The molecule has 0 amide bonds. The Labute approximate surface area is 135 Å². The van der Waals surface area contributed by atoms with E-state index in [4.69, 9.17) is 0 Å². The first-order valence-corrected chi connectivity index (χ1v) is 8.11. The van der Waals surface area contributed by atoms with Crippen LogP contribution in [0.1, 0.15) is 18.4 Å². The van der Waals surface area contributed by atoms with Crippen LogP contribution in [-0.4, -0.2) is 55.4 Å². The monoisotopic (exact) mass is 311 g/mol. The summed E-state index contributed by atoms with van der Waals surface area (Å²) in [4.78, 5) is 3.80. The molecule has 5 rings (SSSR count). The van der Waals surface area contributed by atoms with Crippen LogP contribution in [0.5, 0.6) is 0 Å². The van der Waals surface area contributed by atoms with Crippen LogP contribution in [0, 0.1) is 5.92 Å². The van der Waals surface area contributed by atoms with Gasteiger partial charge >= 0.3 is 0 Å². The van der Waals surface area contributed by atoms with Gasteiger partial charge in [-0.05, 0) is 42.6 Å². The quantitative estimate of drug-likeness (QED) is 0.927. The minimum atomic E-state index is -0.679. The number of aromatic nitrogens is 4. The van der Waals surface area contributed by atoms with E-state index in [1.807, 2.05) is 36.4 Å². The second-order valence-electron chi connectivity index (χ2n) is 6.60. The van der Waals surface area contributed by atoms with Crippen LogP contribution in [0.2, 0.25) is 0 Å². The summed E-state index contributed by atoms with van der Waals surface area (Å²) in [6, 6.07) is 8.01. The molecular weight excluding hydrogens is 290 g/mol. The summed E-state index contributed by atoms with van der Waals surface area (Å²) in [5.74, 6) is 1.02.